The predicted molar refractivity (Wildman–Crippen MR) is 76.5 cm³/mol. The molecule has 1 aromatic heterocycles. The maximum absolute atomic E-state index is 5.86. The summed E-state index contributed by atoms with van der Waals surface area (Å²) >= 11 is 0. The molecule has 3 heteroatoms. The van der Waals surface area contributed by atoms with E-state index in [4.69, 9.17) is 10.5 Å². The van der Waals surface area contributed by atoms with Crippen LogP contribution in [0.5, 0.6) is 11.6 Å². The van der Waals surface area contributed by atoms with E-state index >= 15 is 0 Å². The Labute approximate surface area is 113 Å². The topological polar surface area (TPSA) is 48.1 Å². The van der Waals surface area contributed by atoms with Crippen LogP contribution in [-0.4, -0.2) is 4.98 Å². The average molecular weight is 254 g/mol. The number of fused-ring (bicyclic) bond motifs is 1. The molecule has 1 heterocycles. The molecule has 0 saturated heterocycles. The van der Waals surface area contributed by atoms with Crippen molar-refractivity contribution in [1.29, 1.82) is 0 Å². The monoisotopic (exact) mass is 254 g/mol. The summed E-state index contributed by atoms with van der Waals surface area (Å²) in [6.45, 7) is 1.96. The highest BCUT2D eigenvalue weighted by Gasteiger charge is 2.11. The average Bonchev–Trinajstić information content (AvgIpc) is 2.42. The van der Waals surface area contributed by atoms with E-state index in [1.165, 1.54) is 30.4 Å². The molecular weight excluding hydrogens is 236 g/mol. The van der Waals surface area contributed by atoms with E-state index in [-0.39, 0.29) is 0 Å². The summed E-state index contributed by atoms with van der Waals surface area (Å²) in [5, 5.41) is 0. The van der Waals surface area contributed by atoms with Gasteiger partial charge in [0.2, 0.25) is 5.88 Å². The van der Waals surface area contributed by atoms with Crippen molar-refractivity contribution in [2.75, 3.05) is 5.73 Å². The van der Waals surface area contributed by atoms with Crippen LogP contribution < -0.4 is 10.5 Å². The van der Waals surface area contributed by atoms with Crippen molar-refractivity contribution in [2.45, 2.75) is 32.6 Å². The Bertz CT molecular complexity index is 608. The van der Waals surface area contributed by atoms with Crippen LogP contribution in [0.3, 0.4) is 0 Å². The summed E-state index contributed by atoms with van der Waals surface area (Å²) in [4.78, 5) is 4.24. The molecule has 98 valence electrons. The summed E-state index contributed by atoms with van der Waals surface area (Å²) in [5.74, 6) is 1.49. The molecule has 1 aliphatic rings. The van der Waals surface area contributed by atoms with Crippen LogP contribution in [0.4, 0.5) is 5.69 Å². The van der Waals surface area contributed by atoms with Gasteiger partial charge < -0.3 is 10.5 Å². The van der Waals surface area contributed by atoms with Crippen LogP contribution in [0.1, 0.15) is 29.5 Å². The molecule has 19 heavy (non-hydrogen) atoms. The van der Waals surface area contributed by atoms with Gasteiger partial charge in [-0.05, 0) is 61.9 Å². The number of ether oxygens (including phenoxy) is 1. The molecule has 0 aliphatic heterocycles. The van der Waals surface area contributed by atoms with Crippen LogP contribution in [-0.2, 0) is 12.8 Å². The lowest BCUT2D eigenvalue weighted by atomic mass is 9.92. The minimum atomic E-state index is 0.630. The highest BCUT2D eigenvalue weighted by molar-refractivity contribution is 5.44. The van der Waals surface area contributed by atoms with Crippen molar-refractivity contribution >= 4 is 5.69 Å². The smallest absolute Gasteiger partial charge is 0.222 e. The molecule has 0 radical (unpaired) electrons. The van der Waals surface area contributed by atoms with Gasteiger partial charge >= 0.3 is 0 Å². The van der Waals surface area contributed by atoms with Crippen molar-refractivity contribution in [3.63, 3.8) is 0 Å². The van der Waals surface area contributed by atoms with E-state index in [1.54, 1.807) is 6.20 Å². The maximum atomic E-state index is 5.86. The van der Waals surface area contributed by atoms with Gasteiger partial charge in [-0.1, -0.05) is 6.07 Å². The number of anilines is 1. The van der Waals surface area contributed by atoms with Gasteiger partial charge in [0, 0.05) is 5.56 Å². The van der Waals surface area contributed by atoms with Crippen molar-refractivity contribution in [1.82, 2.24) is 4.98 Å². The minimum absolute atomic E-state index is 0.630. The fourth-order valence-electron chi connectivity index (χ4n) is 2.58. The van der Waals surface area contributed by atoms with Crippen LogP contribution in [0.15, 0.2) is 30.5 Å². The van der Waals surface area contributed by atoms with Crippen molar-refractivity contribution in [3.8, 4) is 11.6 Å². The van der Waals surface area contributed by atoms with Gasteiger partial charge in [0.25, 0.3) is 0 Å². The third-order valence-electron chi connectivity index (χ3n) is 3.59. The first-order valence-corrected chi connectivity index (χ1v) is 6.74. The van der Waals surface area contributed by atoms with Crippen LogP contribution >= 0.6 is 0 Å². The SMILES string of the molecule is Cc1cc(N)cnc1Oc1ccc2c(c1)CCCC2. The summed E-state index contributed by atoms with van der Waals surface area (Å²) in [6.07, 6.45) is 6.54. The number of pyridine rings is 1. The van der Waals surface area contributed by atoms with Gasteiger partial charge in [-0.3, -0.25) is 0 Å². The summed E-state index contributed by atoms with van der Waals surface area (Å²) in [5.41, 5.74) is 10.2. The normalized spacial score (nSPS) is 13.9. The zero-order chi connectivity index (χ0) is 13.2. The molecule has 3 nitrogen and oxygen atoms in total. The van der Waals surface area contributed by atoms with E-state index in [0.29, 0.717) is 11.6 Å². The summed E-state index contributed by atoms with van der Waals surface area (Å²) in [6, 6.07) is 8.23. The minimum Gasteiger partial charge on any atom is -0.439 e. The van der Waals surface area contributed by atoms with E-state index in [2.05, 4.69) is 17.1 Å². The number of rotatable bonds is 2. The Morgan fingerprint density at radius 2 is 1.89 bits per heavy atom. The standard InChI is InChI=1S/C16H18N2O/c1-11-8-14(17)10-18-16(11)19-15-7-6-12-4-2-3-5-13(12)9-15/h6-10H,2-5,17H2,1H3. The van der Waals surface area contributed by atoms with Gasteiger partial charge in [-0.15, -0.1) is 0 Å². The zero-order valence-corrected chi connectivity index (χ0v) is 11.1. The largest absolute Gasteiger partial charge is 0.439 e. The van der Waals surface area contributed by atoms with Crippen LogP contribution in [0.2, 0.25) is 0 Å². The van der Waals surface area contributed by atoms with Gasteiger partial charge in [-0.2, -0.15) is 0 Å². The van der Waals surface area contributed by atoms with Crippen LogP contribution in [0.25, 0.3) is 0 Å². The first-order valence-electron chi connectivity index (χ1n) is 6.74. The molecule has 0 atom stereocenters. The van der Waals surface area contributed by atoms with Gasteiger partial charge in [0.05, 0.1) is 11.9 Å². The van der Waals surface area contributed by atoms with Crippen molar-refractivity contribution < 1.29 is 4.74 Å². The number of aromatic nitrogens is 1. The number of nitrogens with two attached hydrogens (primary N) is 1. The van der Waals surface area contributed by atoms with E-state index in [0.717, 1.165) is 17.7 Å². The lowest BCUT2D eigenvalue weighted by molar-refractivity contribution is 0.457. The summed E-state index contributed by atoms with van der Waals surface area (Å²) in [7, 11) is 0. The Hall–Kier alpha value is -2.03. The van der Waals surface area contributed by atoms with Gasteiger partial charge in [0.15, 0.2) is 0 Å². The van der Waals surface area contributed by atoms with Gasteiger partial charge in [-0.25, -0.2) is 4.98 Å². The Morgan fingerprint density at radius 1 is 1.11 bits per heavy atom. The van der Waals surface area contributed by atoms with E-state index in [1.807, 2.05) is 19.1 Å². The molecule has 1 aliphatic carbocycles. The molecular formula is C16H18N2O. The molecule has 1 aromatic carbocycles. The fraction of sp³-hybridized carbons (Fsp3) is 0.312. The quantitative estimate of drug-likeness (QED) is 0.890. The predicted octanol–water partition coefficient (Wildman–Crippen LogP) is 3.64. The molecule has 0 amide bonds. The first-order chi connectivity index (χ1) is 9.22. The lowest BCUT2D eigenvalue weighted by Gasteiger charge is -2.16. The third-order valence-corrected chi connectivity index (χ3v) is 3.59. The van der Waals surface area contributed by atoms with Crippen molar-refractivity contribution in [3.05, 3.63) is 47.2 Å². The number of hydrogen-bond donors (Lipinski definition) is 1. The highest BCUT2D eigenvalue weighted by atomic mass is 16.5. The number of nitrogens with zero attached hydrogens (tertiary/aromatic N) is 1. The molecule has 2 aromatic rings. The first kappa shape index (κ1) is 12.0. The zero-order valence-electron chi connectivity index (χ0n) is 11.1. The highest BCUT2D eigenvalue weighted by Crippen LogP contribution is 2.29. The number of hydrogen-bond acceptors (Lipinski definition) is 3. The molecule has 3 rings (SSSR count). The number of nitrogen functional groups attached to an aromatic ring is 1. The molecule has 2 N–H and O–H groups in total. The second-order valence-corrected chi connectivity index (χ2v) is 5.13. The Morgan fingerprint density at radius 3 is 2.68 bits per heavy atom. The molecule has 0 bridgehead atoms. The third kappa shape index (κ3) is 2.55. The second kappa shape index (κ2) is 4.92. The molecule has 0 fully saturated rings. The van der Waals surface area contributed by atoms with Crippen LogP contribution in [0, 0.1) is 6.92 Å². The molecule has 0 unspecified atom stereocenters. The maximum Gasteiger partial charge on any atom is 0.222 e. The van der Waals surface area contributed by atoms with Crippen molar-refractivity contribution in [2.24, 2.45) is 0 Å². The Kier molecular flexibility index (Phi) is 3.11. The lowest BCUT2D eigenvalue weighted by Crippen LogP contribution is -2.02. The van der Waals surface area contributed by atoms with Gasteiger partial charge in [0.1, 0.15) is 5.75 Å². The molecule has 0 spiro atoms. The second-order valence-electron chi connectivity index (χ2n) is 5.13. The fourth-order valence-corrected chi connectivity index (χ4v) is 2.58. The summed E-state index contributed by atoms with van der Waals surface area (Å²) < 4.78 is 5.86. The van der Waals surface area contributed by atoms with E-state index in [9.17, 15) is 0 Å². The number of benzene rings is 1. The number of aryl methyl sites for hydroxylation is 3. The molecule has 0 saturated carbocycles. The Balaban J connectivity index is 1.87. The van der Waals surface area contributed by atoms with E-state index < -0.39 is 0 Å².